The Morgan fingerprint density at radius 2 is 1.81 bits per heavy atom. The van der Waals surface area contributed by atoms with Gasteiger partial charge >= 0.3 is 0 Å². The van der Waals surface area contributed by atoms with Crippen LogP contribution in [-0.4, -0.2) is 24.0 Å². The maximum Gasteiger partial charge on any atom is 0.257 e. The Bertz CT molecular complexity index is 1020. The summed E-state index contributed by atoms with van der Waals surface area (Å²) in [6.45, 7) is 0.567. The molecule has 1 amide bonds. The summed E-state index contributed by atoms with van der Waals surface area (Å²) < 4.78 is 6.78. The maximum atomic E-state index is 12.0. The number of ether oxygens (including phenoxy) is 1. The Kier molecular flexibility index (Phi) is 4.80. The molecular weight excluding hydrogens is 344 g/mol. The van der Waals surface area contributed by atoms with Crippen molar-refractivity contribution in [2.24, 2.45) is 0 Å². The van der Waals surface area contributed by atoms with Crippen LogP contribution in [0.3, 0.4) is 0 Å². The number of carbonyl (C=O) groups is 1. The second kappa shape index (κ2) is 7.54. The van der Waals surface area contributed by atoms with Gasteiger partial charge in [0.1, 0.15) is 5.75 Å². The summed E-state index contributed by atoms with van der Waals surface area (Å²) in [5.41, 5.74) is 1.01. The van der Waals surface area contributed by atoms with Crippen molar-refractivity contribution in [3.63, 3.8) is 0 Å². The monoisotopic (exact) mass is 362 g/mol. The fourth-order valence-corrected chi connectivity index (χ4v) is 3.76. The van der Waals surface area contributed by atoms with Crippen molar-refractivity contribution in [1.82, 2.24) is 10.3 Å². The number of rotatable bonds is 6. The lowest BCUT2D eigenvalue weighted by molar-refractivity contribution is -0.123. The highest BCUT2D eigenvalue weighted by Gasteiger charge is 2.06. The van der Waals surface area contributed by atoms with Gasteiger partial charge in [-0.3, -0.25) is 4.79 Å². The van der Waals surface area contributed by atoms with Gasteiger partial charge in [-0.05, 0) is 35.0 Å². The average Bonchev–Trinajstić information content (AvgIpc) is 3.09. The molecule has 0 fully saturated rings. The molecule has 0 aliphatic carbocycles. The fourth-order valence-electron chi connectivity index (χ4n) is 2.79. The number of nitrogens with one attached hydrogen (secondary N) is 1. The fraction of sp³-hybridized carbons (Fsp3) is 0.143. The third-order valence-electron chi connectivity index (χ3n) is 4.09. The molecule has 0 unspecified atom stereocenters. The van der Waals surface area contributed by atoms with E-state index in [1.807, 2.05) is 60.7 Å². The van der Waals surface area contributed by atoms with E-state index in [2.05, 4.69) is 16.4 Å². The van der Waals surface area contributed by atoms with E-state index in [1.165, 1.54) is 4.70 Å². The van der Waals surface area contributed by atoms with Crippen molar-refractivity contribution in [2.45, 2.75) is 6.42 Å². The number of hydrogen-bond donors (Lipinski definition) is 1. The van der Waals surface area contributed by atoms with E-state index >= 15 is 0 Å². The third kappa shape index (κ3) is 3.83. The third-order valence-corrected chi connectivity index (χ3v) is 5.19. The van der Waals surface area contributed by atoms with Crippen molar-refractivity contribution in [3.05, 3.63) is 71.7 Å². The molecule has 0 atom stereocenters. The minimum Gasteiger partial charge on any atom is -0.484 e. The van der Waals surface area contributed by atoms with Gasteiger partial charge in [-0.2, -0.15) is 0 Å². The molecule has 4 aromatic rings. The number of nitrogens with zero attached hydrogens (tertiary/aromatic N) is 1. The van der Waals surface area contributed by atoms with Crippen molar-refractivity contribution in [1.29, 1.82) is 0 Å². The smallest absolute Gasteiger partial charge is 0.257 e. The molecular formula is C21H18N2O2S. The first-order chi connectivity index (χ1) is 12.8. The van der Waals surface area contributed by atoms with Gasteiger partial charge in [0.25, 0.3) is 5.91 Å². The molecule has 1 N–H and O–H groups in total. The Hall–Kier alpha value is -2.92. The molecule has 0 bridgehead atoms. The highest BCUT2D eigenvalue weighted by atomic mass is 32.1. The number of para-hydroxylation sites is 1. The molecule has 1 heterocycles. The number of thiazole rings is 1. The highest BCUT2D eigenvalue weighted by Crippen LogP contribution is 2.22. The van der Waals surface area contributed by atoms with Crippen molar-refractivity contribution in [2.75, 3.05) is 13.2 Å². The highest BCUT2D eigenvalue weighted by molar-refractivity contribution is 7.18. The molecule has 1 aromatic heterocycles. The molecule has 0 radical (unpaired) electrons. The minimum atomic E-state index is -0.126. The zero-order valence-corrected chi connectivity index (χ0v) is 15.0. The summed E-state index contributed by atoms with van der Waals surface area (Å²) in [6, 6.07) is 22.0. The van der Waals surface area contributed by atoms with E-state index in [0.29, 0.717) is 12.3 Å². The Labute approximate surface area is 155 Å². The first kappa shape index (κ1) is 16.5. The molecule has 4 nitrogen and oxygen atoms in total. The molecule has 0 aliphatic rings. The SMILES string of the molecule is O=C(COc1ccc2ccccc2c1)NCCc1nc2ccccc2s1. The Balaban J connectivity index is 1.27. The zero-order valence-electron chi connectivity index (χ0n) is 14.1. The van der Waals surface area contributed by atoms with Crippen LogP contribution in [0.2, 0.25) is 0 Å². The molecule has 4 rings (SSSR count). The molecule has 0 aliphatic heterocycles. The number of carbonyl (C=O) groups excluding carboxylic acids is 1. The van der Waals surface area contributed by atoms with E-state index < -0.39 is 0 Å². The summed E-state index contributed by atoms with van der Waals surface area (Å²) in [5, 5.41) is 6.17. The quantitative estimate of drug-likeness (QED) is 0.560. The first-order valence-corrected chi connectivity index (χ1v) is 9.32. The van der Waals surface area contributed by atoms with E-state index in [0.717, 1.165) is 27.7 Å². The van der Waals surface area contributed by atoms with Gasteiger partial charge in [-0.15, -0.1) is 11.3 Å². The van der Waals surface area contributed by atoms with Crippen LogP contribution in [0.15, 0.2) is 66.7 Å². The summed E-state index contributed by atoms with van der Waals surface area (Å²) in [5.74, 6) is 0.573. The predicted molar refractivity (Wildman–Crippen MR) is 106 cm³/mol. The van der Waals surface area contributed by atoms with Gasteiger partial charge < -0.3 is 10.1 Å². The van der Waals surface area contributed by atoms with Gasteiger partial charge in [0.05, 0.1) is 15.2 Å². The van der Waals surface area contributed by atoms with Crippen LogP contribution < -0.4 is 10.1 Å². The molecule has 26 heavy (non-hydrogen) atoms. The lowest BCUT2D eigenvalue weighted by atomic mass is 10.1. The van der Waals surface area contributed by atoms with Gasteiger partial charge in [-0.1, -0.05) is 42.5 Å². The molecule has 0 saturated heterocycles. The summed E-state index contributed by atoms with van der Waals surface area (Å²) in [7, 11) is 0. The van der Waals surface area contributed by atoms with Crippen LogP contribution >= 0.6 is 11.3 Å². The summed E-state index contributed by atoms with van der Waals surface area (Å²) in [4.78, 5) is 16.6. The van der Waals surface area contributed by atoms with Crippen LogP contribution in [0, 0.1) is 0 Å². The lowest BCUT2D eigenvalue weighted by Gasteiger charge is -2.08. The van der Waals surface area contributed by atoms with E-state index in [4.69, 9.17) is 4.74 Å². The van der Waals surface area contributed by atoms with E-state index in [9.17, 15) is 4.79 Å². The van der Waals surface area contributed by atoms with E-state index in [1.54, 1.807) is 11.3 Å². The van der Waals surface area contributed by atoms with Crippen molar-refractivity contribution in [3.8, 4) is 5.75 Å². The molecule has 5 heteroatoms. The van der Waals surface area contributed by atoms with Gasteiger partial charge in [-0.25, -0.2) is 4.98 Å². The lowest BCUT2D eigenvalue weighted by Crippen LogP contribution is -2.30. The number of benzene rings is 3. The normalized spacial score (nSPS) is 10.9. The number of aromatic nitrogens is 1. The van der Waals surface area contributed by atoms with Crippen molar-refractivity contribution >= 4 is 38.2 Å². The first-order valence-electron chi connectivity index (χ1n) is 8.51. The minimum absolute atomic E-state index is 0.0121. The maximum absolute atomic E-state index is 12.0. The molecule has 0 saturated carbocycles. The molecule has 130 valence electrons. The van der Waals surface area contributed by atoms with Gasteiger partial charge in [0, 0.05) is 13.0 Å². The van der Waals surface area contributed by atoms with Crippen LogP contribution in [0.1, 0.15) is 5.01 Å². The van der Waals surface area contributed by atoms with Crippen LogP contribution in [0.5, 0.6) is 5.75 Å². The standard InChI is InChI=1S/C21H18N2O2S/c24-20(14-25-17-10-9-15-5-1-2-6-16(15)13-17)22-12-11-21-23-18-7-3-4-8-19(18)26-21/h1-10,13H,11-12,14H2,(H,22,24). The number of hydrogen-bond acceptors (Lipinski definition) is 4. The second-order valence-electron chi connectivity index (χ2n) is 5.97. The topological polar surface area (TPSA) is 51.2 Å². The summed E-state index contributed by atoms with van der Waals surface area (Å²) >= 11 is 1.67. The van der Waals surface area contributed by atoms with Crippen molar-refractivity contribution < 1.29 is 9.53 Å². The number of fused-ring (bicyclic) bond motifs is 2. The Morgan fingerprint density at radius 1 is 1.00 bits per heavy atom. The van der Waals surface area contributed by atoms with Crippen LogP contribution in [-0.2, 0) is 11.2 Å². The molecule has 3 aromatic carbocycles. The van der Waals surface area contributed by atoms with Gasteiger partial charge in [0.2, 0.25) is 0 Å². The second-order valence-corrected chi connectivity index (χ2v) is 7.09. The van der Waals surface area contributed by atoms with Gasteiger partial charge in [0.15, 0.2) is 6.61 Å². The van der Waals surface area contributed by atoms with Crippen LogP contribution in [0.4, 0.5) is 0 Å². The number of amides is 1. The Morgan fingerprint density at radius 3 is 2.69 bits per heavy atom. The average molecular weight is 362 g/mol. The zero-order chi connectivity index (χ0) is 17.8. The summed E-state index contributed by atoms with van der Waals surface area (Å²) in [6.07, 6.45) is 0.723. The predicted octanol–water partition coefficient (Wildman–Crippen LogP) is 4.19. The largest absolute Gasteiger partial charge is 0.484 e. The molecule has 0 spiro atoms. The van der Waals surface area contributed by atoms with Crippen LogP contribution in [0.25, 0.3) is 21.0 Å². The van der Waals surface area contributed by atoms with E-state index in [-0.39, 0.29) is 12.5 Å².